The summed E-state index contributed by atoms with van der Waals surface area (Å²) < 4.78 is 0. The lowest BCUT2D eigenvalue weighted by molar-refractivity contribution is -0.138. The number of carbonyl (C=O) groups is 4. The number of carbonyl (C=O) groups excluding carboxylic acids is 3. The first kappa shape index (κ1) is 26.3. The van der Waals surface area contributed by atoms with E-state index in [9.17, 15) is 19.2 Å². The van der Waals surface area contributed by atoms with Crippen molar-refractivity contribution >= 4 is 46.6 Å². The molecule has 0 aliphatic heterocycles. The highest BCUT2D eigenvalue weighted by molar-refractivity contribution is 5.95. The lowest BCUT2D eigenvalue weighted by Gasteiger charge is -2.12. The van der Waals surface area contributed by atoms with E-state index in [1.165, 1.54) is 0 Å². The van der Waals surface area contributed by atoms with Gasteiger partial charge in [0.15, 0.2) is 0 Å². The van der Waals surface area contributed by atoms with Crippen molar-refractivity contribution < 1.29 is 24.3 Å². The number of rotatable bonds is 13. The van der Waals surface area contributed by atoms with Crippen molar-refractivity contribution in [1.29, 1.82) is 0 Å². The Labute approximate surface area is 208 Å². The lowest BCUT2D eigenvalue weighted by atomic mass is 10.1. The fourth-order valence-corrected chi connectivity index (χ4v) is 3.59. The van der Waals surface area contributed by atoms with E-state index in [1.54, 1.807) is 18.3 Å². The molecule has 0 radical (unpaired) electrons. The number of aromatic nitrogens is 2. The smallest absolute Gasteiger partial charge is 0.305 e. The molecule has 4 N–H and O–H groups in total. The first-order valence-electron chi connectivity index (χ1n) is 11.7. The number of aliphatic carboxylic acids is 1. The molecular formula is C26H29N5O5. The number of nitrogens with one attached hydrogen (secondary N) is 3. The van der Waals surface area contributed by atoms with Crippen LogP contribution in [0.25, 0.3) is 11.0 Å². The maximum atomic E-state index is 12.5. The van der Waals surface area contributed by atoms with Crippen molar-refractivity contribution in [3.63, 3.8) is 0 Å². The number of para-hydroxylation sites is 2. The Morgan fingerprint density at radius 2 is 1.83 bits per heavy atom. The molecule has 0 saturated carbocycles. The Morgan fingerprint density at radius 3 is 2.56 bits per heavy atom. The fourth-order valence-electron chi connectivity index (χ4n) is 3.59. The fraction of sp³-hybridized carbons (Fsp3) is 0.308. The Balaban J connectivity index is 1.40. The number of nitrogens with zero attached hydrogens (tertiary/aromatic N) is 2. The van der Waals surface area contributed by atoms with Crippen LogP contribution in [0.15, 0.2) is 48.7 Å². The van der Waals surface area contributed by atoms with Crippen LogP contribution in [-0.4, -0.2) is 51.7 Å². The third-order valence-electron chi connectivity index (χ3n) is 5.47. The third-order valence-corrected chi connectivity index (χ3v) is 5.47. The van der Waals surface area contributed by atoms with E-state index in [-0.39, 0.29) is 18.2 Å². The molecule has 0 saturated heterocycles. The molecule has 10 heteroatoms. The van der Waals surface area contributed by atoms with Gasteiger partial charge in [0.1, 0.15) is 12.1 Å². The van der Waals surface area contributed by atoms with E-state index in [4.69, 9.17) is 5.11 Å². The number of benzene rings is 2. The Morgan fingerprint density at radius 1 is 1.06 bits per heavy atom. The number of hydrogen-bond acceptors (Lipinski definition) is 7. The van der Waals surface area contributed by atoms with Gasteiger partial charge >= 0.3 is 5.97 Å². The molecule has 0 bridgehead atoms. The van der Waals surface area contributed by atoms with Gasteiger partial charge in [0.2, 0.25) is 5.91 Å². The quantitative estimate of drug-likeness (QED) is 0.210. The van der Waals surface area contributed by atoms with Gasteiger partial charge in [-0.05, 0) is 55.7 Å². The molecule has 0 aliphatic rings. The second kappa shape index (κ2) is 12.9. The zero-order valence-electron chi connectivity index (χ0n) is 20.0. The van der Waals surface area contributed by atoms with E-state index >= 15 is 0 Å². The summed E-state index contributed by atoms with van der Waals surface area (Å²) in [5.41, 5.74) is 3.87. The van der Waals surface area contributed by atoms with Gasteiger partial charge in [0.25, 0.3) is 5.91 Å². The predicted octanol–water partition coefficient (Wildman–Crippen LogP) is 3.13. The first-order valence-corrected chi connectivity index (χ1v) is 11.7. The van der Waals surface area contributed by atoms with Gasteiger partial charge in [-0.25, -0.2) is 4.98 Å². The first-order chi connectivity index (χ1) is 17.4. The minimum atomic E-state index is -1.15. The van der Waals surface area contributed by atoms with Crippen molar-refractivity contribution in [2.75, 3.05) is 11.9 Å². The summed E-state index contributed by atoms with van der Waals surface area (Å²) in [5, 5.41) is 17.2. The van der Waals surface area contributed by atoms with Gasteiger partial charge in [0, 0.05) is 24.2 Å². The molecule has 0 unspecified atom stereocenters. The van der Waals surface area contributed by atoms with Crippen molar-refractivity contribution in [2.45, 2.75) is 45.1 Å². The van der Waals surface area contributed by atoms with E-state index in [0.717, 1.165) is 22.3 Å². The van der Waals surface area contributed by atoms with Gasteiger partial charge in [-0.3, -0.25) is 19.4 Å². The zero-order valence-corrected chi connectivity index (χ0v) is 20.0. The number of fused-ring (bicyclic) bond motifs is 1. The van der Waals surface area contributed by atoms with Gasteiger partial charge in [-0.2, -0.15) is 0 Å². The Hall–Kier alpha value is -4.34. The summed E-state index contributed by atoms with van der Waals surface area (Å²) in [6.45, 7) is 2.37. The van der Waals surface area contributed by atoms with Crippen molar-refractivity contribution in [3.8, 4) is 0 Å². The Bertz CT molecular complexity index is 1250. The molecular weight excluding hydrogens is 462 g/mol. The molecule has 3 aromatic rings. The number of hydrogen-bond donors (Lipinski definition) is 4. The van der Waals surface area contributed by atoms with Crippen LogP contribution in [0.2, 0.25) is 0 Å². The molecule has 1 aromatic heterocycles. The molecule has 3 rings (SSSR count). The van der Waals surface area contributed by atoms with Crippen LogP contribution in [0.1, 0.15) is 48.0 Å². The number of aryl methyl sites for hydroxylation is 1. The molecule has 0 aliphatic carbocycles. The van der Waals surface area contributed by atoms with Crippen LogP contribution >= 0.6 is 0 Å². The summed E-state index contributed by atoms with van der Waals surface area (Å²) >= 11 is 0. The normalized spacial score (nSPS) is 11.5. The molecule has 10 nitrogen and oxygen atoms in total. The number of anilines is 2. The van der Waals surface area contributed by atoms with Gasteiger partial charge in [0.05, 0.1) is 29.7 Å². The minimum absolute atomic E-state index is 0.185. The van der Waals surface area contributed by atoms with Crippen LogP contribution in [0.3, 0.4) is 0 Å². The second-order valence-corrected chi connectivity index (χ2v) is 8.37. The van der Waals surface area contributed by atoms with Crippen LogP contribution < -0.4 is 16.0 Å². The molecule has 36 heavy (non-hydrogen) atoms. The third kappa shape index (κ3) is 7.86. The van der Waals surface area contributed by atoms with Gasteiger partial charge in [-0.1, -0.05) is 18.6 Å². The topological polar surface area (TPSA) is 150 Å². The van der Waals surface area contributed by atoms with E-state index in [1.807, 2.05) is 37.3 Å². The zero-order chi connectivity index (χ0) is 25.9. The maximum Gasteiger partial charge on any atom is 0.305 e. The average molecular weight is 492 g/mol. The summed E-state index contributed by atoms with van der Waals surface area (Å²) in [6.07, 6.45) is 3.80. The van der Waals surface area contributed by atoms with E-state index < -0.39 is 18.4 Å². The standard InChI is InChI=1S/C26H29N5O5/c1-17-13-18(10-11-20(17)30-23-15-28-21-7-4-5-8-22(21)31-23)26(36)27-12-6-2-3-9-24(33)29-19(16-32)14-25(34)35/h4-5,7-8,10-11,13,15-16,19H,2-3,6,9,12,14H2,1H3,(H,27,36)(H,29,33)(H,30,31)(H,34,35)/t19-/m0/s1. The van der Waals surface area contributed by atoms with Crippen LogP contribution in [0, 0.1) is 6.92 Å². The van der Waals surface area contributed by atoms with Crippen molar-refractivity contribution in [1.82, 2.24) is 20.6 Å². The molecule has 1 atom stereocenters. The summed E-state index contributed by atoms with van der Waals surface area (Å²) in [7, 11) is 0. The minimum Gasteiger partial charge on any atom is -0.481 e. The van der Waals surface area contributed by atoms with Crippen LogP contribution in [0.5, 0.6) is 0 Å². The summed E-state index contributed by atoms with van der Waals surface area (Å²) in [4.78, 5) is 54.7. The van der Waals surface area contributed by atoms with Crippen LogP contribution in [-0.2, 0) is 14.4 Å². The monoisotopic (exact) mass is 491 g/mol. The average Bonchev–Trinajstić information content (AvgIpc) is 2.86. The number of amides is 2. The predicted molar refractivity (Wildman–Crippen MR) is 135 cm³/mol. The molecule has 188 valence electrons. The molecule has 2 aromatic carbocycles. The highest BCUT2D eigenvalue weighted by atomic mass is 16.4. The summed E-state index contributed by atoms with van der Waals surface area (Å²) in [5.74, 6) is -1.08. The SMILES string of the molecule is Cc1cc(C(=O)NCCCCCC(=O)N[C@H](C=O)CC(=O)O)ccc1Nc1cnc2ccccc2n1. The van der Waals surface area contributed by atoms with Crippen molar-refractivity contribution in [2.24, 2.45) is 0 Å². The van der Waals surface area contributed by atoms with Crippen molar-refractivity contribution in [3.05, 3.63) is 59.8 Å². The lowest BCUT2D eigenvalue weighted by Crippen LogP contribution is -2.37. The highest BCUT2D eigenvalue weighted by Crippen LogP contribution is 2.21. The highest BCUT2D eigenvalue weighted by Gasteiger charge is 2.14. The summed E-state index contributed by atoms with van der Waals surface area (Å²) in [6, 6.07) is 12.0. The molecule has 0 fully saturated rings. The van der Waals surface area contributed by atoms with E-state index in [0.29, 0.717) is 43.5 Å². The van der Waals surface area contributed by atoms with Gasteiger partial charge < -0.3 is 25.9 Å². The molecule has 0 spiro atoms. The number of unbranched alkanes of at least 4 members (excludes halogenated alkanes) is 2. The molecule has 2 amide bonds. The Kier molecular flexibility index (Phi) is 9.44. The molecule has 1 heterocycles. The number of carboxylic acid groups (broad SMARTS) is 1. The van der Waals surface area contributed by atoms with Crippen LogP contribution in [0.4, 0.5) is 11.5 Å². The van der Waals surface area contributed by atoms with Gasteiger partial charge in [-0.15, -0.1) is 0 Å². The number of carboxylic acids is 1. The largest absolute Gasteiger partial charge is 0.481 e. The number of aldehydes is 1. The second-order valence-electron chi connectivity index (χ2n) is 8.37. The van der Waals surface area contributed by atoms with E-state index in [2.05, 4.69) is 25.9 Å². The maximum absolute atomic E-state index is 12.5.